The first-order valence-corrected chi connectivity index (χ1v) is 9.72. The zero-order valence-corrected chi connectivity index (χ0v) is 17.1. The Morgan fingerprint density at radius 1 is 1.04 bits per heavy atom. The molecule has 0 atom stereocenters. The SMILES string of the molecule is CCCN(CCC)C(=S)Nc1cccc(NC(=O)C(C)(C)CCC)c1. The quantitative estimate of drug-likeness (QED) is 0.587. The summed E-state index contributed by atoms with van der Waals surface area (Å²) in [5.41, 5.74) is 1.32. The van der Waals surface area contributed by atoms with Crippen molar-refractivity contribution in [2.75, 3.05) is 23.7 Å². The number of benzene rings is 1. The molecule has 0 unspecified atom stereocenters. The van der Waals surface area contributed by atoms with Crippen LogP contribution in [0.15, 0.2) is 24.3 Å². The Morgan fingerprint density at radius 3 is 2.12 bits per heavy atom. The van der Waals surface area contributed by atoms with Gasteiger partial charge in [-0.05, 0) is 49.7 Å². The molecule has 0 heterocycles. The lowest BCUT2D eigenvalue weighted by Crippen LogP contribution is -2.36. The zero-order chi connectivity index (χ0) is 18.9. The van der Waals surface area contributed by atoms with Crippen LogP contribution in [0.5, 0.6) is 0 Å². The van der Waals surface area contributed by atoms with Crippen molar-refractivity contribution in [3.8, 4) is 0 Å². The minimum absolute atomic E-state index is 0.0488. The van der Waals surface area contributed by atoms with Gasteiger partial charge in [0.25, 0.3) is 0 Å². The molecule has 0 aliphatic carbocycles. The second kappa shape index (κ2) is 10.4. The van der Waals surface area contributed by atoms with Crippen molar-refractivity contribution in [2.24, 2.45) is 5.41 Å². The summed E-state index contributed by atoms with van der Waals surface area (Å²) in [5.74, 6) is 0.0488. The standard InChI is InChI=1S/C20H33N3OS/c1-6-12-20(4,5)18(24)21-16-10-9-11-17(15-16)22-19(25)23(13-7-2)14-8-3/h9-11,15H,6-8,12-14H2,1-5H3,(H,21,24)(H,22,25). The zero-order valence-electron chi connectivity index (χ0n) is 16.3. The third-order valence-electron chi connectivity index (χ3n) is 4.14. The Balaban J connectivity index is 2.77. The molecule has 4 nitrogen and oxygen atoms in total. The highest BCUT2D eigenvalue weighted by molar-refractivity contribution is 7.80. The second-order valence-electron chi connectivity index (χ2n) is 7.09. The van der Waals surface area contributed by atoms with Gasteiger partial charge < -0.3 is 15.5 Å². The normalized spacial score (nSPS) is 11.1. The molecule has 5 heteroatoms. The number of nitrogens with zero attached hydrogens (tertiary/aromatic N) is 1. The van der Waals surface area contributed by atoms with Gasteiger partial charge in [-0.2, -0.15) is 0 Å². The van der Waals surface area contributed by atoms with Crippen LogP contribution in [0.4, 0.5) is 11.4 Å². The summed E-state index contributed by atoms with van der Waals surface area (Å²) in [6, 6.07) is 7.74. The van der Waals surface area contributed by atoms with Gasteiger partial charge in [0.2, 0.25) is 5.91 Å². The third kappa shape index (κ3) is 7.02. The van der Waals surface area contributed by atoms with Gasteiger partial charge in [0.1, 0.15) is 0 Å². The maximum atomic E-state index is 12.5. The summed E-state index contributed by atoms with van der Waals surface area (Å²) in [7, 11) is 0. The number of rotatable bonds is 9. The fraction of sp³-hybridized carbons (Fsp3) is 0.600. The van der Waals surface area contributed by atoms with E-state index in [0.717, 1.165) is 55.3 Å². The van der Waals surface area contributed by atoms with E-state index in [9.17, 15) is 4.79 Å². The lowest BCUT2D eigenvalue weighted by molar-refractivity contribution is -0.124. The molecular formula is C20H33N3OS. The molecule has 0 bridgehead atoms. The van der Waals surface area contributed by atoms with Crippen molar-refractivity contribution in [3.05, 3.63) is 24.3 Å². The third-order valence-corrected chi connectivity index (χ3v) is 4.50. The van der Waals surface area contributed by atoms with E-state index in [1.54, 1.807) is 0 Å². The van der Waals surface area contributed by atoms with Gasteiger partial charge in [0, 0.05) is 29.9 Å². The maximum absolute atomic E-state index is 12.5. The van der Waals surface area contributed by atoms with E-state index in [1.165, 1.54) is 0 Å². The highest BCUT2D eigenvalue weighted by Gasteiger charge is 2.26. The minimum Gasteiger partial charge on any atom is -0.349 e. The summed E-state index contributed by atoms with van der Waals surface area (Å²) in [4.78, 5) is 14.7. The molecule has 2 N–H and O–H groups in total. The summed E-state index contributed by atoms with van der Waals surface area (Å²) < 4.78 is 0. The minimum atomic E-state index is -0.369. The van der Waals surface area contributed by atoms with Crippen LogP contribution in [-0.2, 0) is 4.79 Å². The van der Waals surface area contributed by atoms with Crippen LogP contribution < -0.4 is 10.6 Å². The van der Waals surface area contributed by atoms with Crippen molar-refractivity contribution >= 4 is 34.6 Å². The fourth-order valence-electron chi connectivity index (χ4n) is 2.77. The number of hydrogen-bond acceptors (Lipinski definition) is 2. The topological polar surface area (TPSA) is 44.4 Å². The fourth-order valence-corrected chi connectivity index (χ4v) is 3.07. The van der Waals surface area contributed by atoms with E-state index < -0.39 is 0 Å². The molecule has 1 amide bonds. The van der Waals surface area contributed by atoms with Gasteiger partial charge in [-0.25, -0.2) is 0 Å². The Labute approximate surface area is 158 Å². The lowest BCUT2D eigenvalue weighted by Gasteiger charge is -2.25. The van der Waals surface area contributed by atoms with Gasteiger partial charge in [-0.3, -0.25) is 4.79 Å². The Hall–Kier alpha value is -1.62. The second-order valence-corrected chi connectivity index (χ2v) is 7.47. The highest BCUT2D eigenvalue weighted by Crippen LogP contribution is 2.25. The predicted molar refractivity (Wildman–Crippen MR) is 112 cm³/mol. The van der Waals surface area contributed by atoms with E-state index in [1.807, 2.05) is 38.1 Å². The van der Waals surface area contributed by atoms with Crippen LogP contribution in [0, 0.1) is 5.41 Å². The number of hydrogen-bond donors (Lipinski definition) is 2. The number of nitrogens with one attached hydrogen (secondary N) is 2. The molecule has 1 aromatic carbocycles. The average Bonchev–Trinajstić information content (AvgIpc) is 2.54. The molecule has 25 heavy (non-hydrogen) atoms. The maximum Gasteiger partial charge on any atom is 0.230 e. The van der Waals surface area contributed by atoms with Crippen LogP contribution in [0.2, 0.25) is 0 Å². The summed E-state index contributed by atoms with van der Waals surface area (Å²) >= 11 is 5.54. The van der Waals surface area contributed by atoms with Crippen molar-refractivity contribution in [1.29, 1.82) is 0 Å². The molecule has 140 valence electrons. The molecule has 0 aliphatic heterocycles. The van der Waals surface area contributed by atoms with E-state index in [2.05, 4.69) is 36.3 Å². The van der Waals surface area contributed by atoms with Gasteiger partial charge in [-0.1, -0.05) is 47.1 Å². The molecule has 0 aliphatic rings. The van der Waals surface area contributed by atoms with Crippen molar-refractivity contribution in [1.82, 2.24) is 4.90 Å². The Morgan fingerprint density at radius 2 is 1.60 bits per heavy atom. The van der Waals surface area contributed by atoms with Crippen molar-refractivity contribution < 1.29 is 4.79 Å². The van der Waals surface area contributed by atoms with Crippen LogP contribution >= 0.6 is 12.2 Å². The van der Waals surface area contributed by atoms with Gasteiger partial charge >= 0.3 is 0 Å². The van der Waals surface area contributed by atoms with Crippen LogP contribution in [0.3, 0.4) is 0 Å². The largest absolute Gasteiger partial charge is 0.349 e. The van der Waals surface area contributed by atoms with E-state index in [4.69, 9.17) is 12.2 Å². The number of anilines is 2. The number of thiocarbonyl (C=S) groups is 1. The Bertz CT molecular complexity index is 566. The summed E-state index contributed by atoms with van der Waals surface area (Å²) in [6.45, 7) is 12.3. The van der Waals surface area contributed by atoms with E-state index in [0.29, 0.717) is 0 Å². The molecule has 0 spiro atoms. The smallest absolute Gasteiger partial charge is 0.230 e. The van der Waals surface area contributed by atoms with Gasteiger partial charge in [-0.15, -0.1) is 0 Å². The first kappa shape index (κ1) is 21.4. The van der Waals surface area contributed by atoms with Crippen LogP contribution in [0.1, 0.15) is 60.3 Å². The monoisotopic (exact) mass is 363 g/mol. The highest BCUT2D eigenvalue weighted by atomic mass is 32.1. The molecule has 1 aromatic rings. The number of amides is 1. The number of carbonyl (C=O) groups is 1. The molecular weight excluding hydrogens is 330 g/mol. The first-order valence-electron chi connectivity index (χ1n) is 9.31. The first-order chi connectivity index (χ1) is 11.8. The molecule has 0 saturated heterocycles. The summed E-state index contributed by atoms with van der Waals surface area (Å²) in [5, 5.41) is 7.05. The predicted octanol–water partition coefficient (Wildman–Crippen LogP) is 5.27. The van der Waals surface area contributed by atoms with E-state index >= 15 is 0 Å². The number of carbonyl (C=O) groups excluding carboxylic acids is 1. The van der Waals surface area contributed by atoms with E-state index in [-0.39, 0.29) is 11.3 Å². The molecule has 0 fully saturated rings. The molecule has 0 radical (unpaired) electrons. The average molecular weight is 364 g/mol. The summed E-state index contributed by atoms with van der Waals surface area (Å²) in [6.07, 6.45) is 3.97. The Kier molecular flexibility index (Phi) is 8.90. The lowest BCUT2D eigenvalue weighted by atomic mass is 9.87. The van der Waals surface area contributed by atoms with Gasteiger partial charge in [0.05, 0.1) is 0 Å². The van der Waals surface area contributed by atoms with Gasteiger partial charge in [0.15, 0.2) is 5.11 Å². The molecule has 0 aromatic heterocycles. The van der Waals surface area contributed by atoms with Crippen LogP contribution in [-0.4, -0.2) is 29.0 Å². The molecule has 0 saturated carbocycles. The molecule has 1 rings (SSSR count). The van der Waals surface area contributed by atoms with Crippen molar-refractivity contribution in [3.63, 3.8) is 0 Å². The van der Waals surface area contributed by atoms with Crippen LogP contribution in [0.25, 0.3) is 0 Å². The van der Waals surface area contributed by atoms with Crippen molar-refractivity contribution in [2.45, 2.75) is 60.3 Å².